The highest BCUT2D eigenvalue weighted by molar-refractivity contribution is 7.15. The molecule has 1 aromatic heterocycles. The van der Waals surface area contributed by atoms with Gasteiger partial charge in [-0.25, -0.2) is 0 Å². The lowest BCUT2D eigenvalue weighted by atomic mass is 10.1. The first-order valence-corrected chi connectivity index (χ1v) is 8.93. The van der Waals surface area contributed by atoms with Crippen LogP contribution in [0.15, 0.2) is 18.2 Å². The molecule has 1 aromatic carbocycles. The maximum atomic E-state index is 12.2. The smallest absolute Gasteiger partial charge is 0.266 e. The number of fused-ring (bicyclic) bond motifs is 1. The molecule has 23 heavy (non-hydrogen) atoms. The molecule has 0 saturated heterocycles. The van der Waals surface area contributed by atoms with Gasteiger partial charge in [0.2, 0.25) is 5.13 Å². The minimum atomic E-state index is -0.567. The third-order valence-corrected chi connectivity index (χ3v) is 5.35. The Labute approximate surface area is 139 Å². The van der Waals surface area contributed by atoms with Gasteiger partial charge in [-0.1, -0.05) is 17.4 Å². The van der Waals surface area contributed by atoms with Crippen LogP contribution in [0.1, 0.15) is 48.2 Å². The number of aromatic nitrogens is 2. The number of carbonyl (C=O) groups excluding carboxylic acids is 1. The van der Waals surface area contributed by atoms with Crippen LogP contribution < -0.4 is 10.1 Å². The molecule has 1 unspecified atom stereocenters. The van der Waals surface area contributed by atoms with Crippen molar-refractivity contribution in [2.24, 2.45) is 0 Å². The fourth-order valence-corrected chi connectivity index (χ4v) is 3.78. The first kappa shape index (κ1) is 14.6. The van der Waals surface area contributed by atoms with E-state index < -0.39 is 6.10 Å². The van der Waals surface area contributed by atoms with E-state index in [-0.39, 0.29) is 5.91 Å². The minimum Gasteiger partial charge on any atom is -0.481 e. The zero-order chi connectivity index (χ0) is 15.8. The van der Waals surface area contributed by atoms with Gasteiger partial charge >= 0.3 is 0 Å². The molecule has 1 amide bonds. The van der Waals surface area contributed by atoms with Gasteiger partial charge in [0.15, 0.2) is 6.10 Å². The predicted molar refractivity (Wildman–Crippen MR) is 89.1 cm³/mol. The SMILES string of the molecule is CC(Oc1ccc2c(c1)CCC2)C(=O)Nc1nnc(C2CC2)s1. The van der Waals surface area contributed by atoms with Crippen molar-refractivity contribution >= 4 is 22.4 Å². The van der Waals surface area contributed by atoms with Crippen LogP contribution in [0.2, 0.25) is 0 Å². The lowest BCUT2D eigenvalue weighted by Crippen LogP contribution is -2.30. The molecule has 1 fully saturated rings. The molecule has 0 spiro atoms. The molecule has 1 atom stereocenters. The van der Waals surface area contributed by atoms with Crippen molar-refractivity contribution in [2.45, 2.75) is 51.0 Å². The van der Waals surface area contributed by atoms with E-state index in [1.807, 2.05) is 6.07 Å². The van der Waals surface area contributed by atoms with Gasteiger partial charge in [0.25, 0.3) is 5.91 Å². The predicted octanol–water partition coefficient (Wildman–Crippen LogP) is 3.31. The molecular formula is C17H19N3O2S. The Bertz CT molecular complexity index is 739. The Kier molecular flexibility index (Phi) is 3.77. The first-order valence-electron chi connectivity index (χ1n) is 8.12. The number of hydrogen-bond acceptors (Lipinski definition) is 5. The van der Waals surface area contributed by atoms with E-state index in [4.69, 9.17) is 4.74 Å². The quantitative estimate of drug-likeness (QED) is 0.914. The third-order valence-electron chi connectivity index (χ3n) is 4.35. The van der Waals surface area contributed by atoms with Crippen LogP contribution >= 0.6 is 11.3 Å². The Morgan fingerprint density at radius 1 is 1.30 bits per heavy atom. The molecule has 2 aliphatic rings. The summed E-state index contributed by atoms with van der Waals surface area (Å²) in [6.07, 6.45) is 5.24. The van der Waals surface area contributed by atoms with Gasteiger partial charge in [-0.15, -0.1) is 10.2 Å². The number of aryl methyl sites for hydroxylation is 2. The van der Waals surface area contributed by atoms with Crippen molar-refractivity contribution in [3.8, 4) is 5.75 Å². The van der Waals surface area contributed by atoms with E-state index in [1.54, 1.807) is 6.92 Å². The van der Waals surface area contributed by atoms with Crippen LogP contribution in [-0.4, -0.2) is 22.2 Å². The number of hydrogen-bond donors (Lipinski definition) is 1. The molecule has 1 heterocycles. The summed E-state index contributed by atoms with van der Waals surface area (Å²) in [5.41, 5.74) is 2.74. The second-order valence-corrected chi connectivity index (χ2v) is 7.26. The van der Waals surface area contributed by atoms with E-state index in [9.17, 15) is 4.79 Å². The monoisotopic (exact) mass is 329 g/mol. The molecule has 1 N–H and O–H groups in total. The summed E-state index contributed by atoms with van der Waals surface area (Å²) < 4.78 is 5.78. The number of carbonyl (C=O) groups is 1. The standard InChI is InChI=1S/C17H19N3O2S/c1-10(22-14-8-7-11-3-2-4-13(11)9-14)15(21)18-17-20-19-16(23-17)12-5-6-12/h7-10,12H,2-6H2,1H3,(H,18,20,21). The van der Waals surface area contributed by atoms with Gasteiger partial charge < -0.3 is 4.74 Å². The summed E-state index contributed by atoms with van der Waals surface area (Å²) in [6.45, 7) is 1.76. The topological polar surface area (TPSA) is 64.1 Å². The minimum absolute atomic E-state index is 0.191. The van der Waals surface area contributed by atoms with Gasteiger partial charge in [0, 0.05) is 5.92 Å². The third kappa shape index (κ3) is 3.22. The van der Waals surface area contributed by atoms with Crippen molar-refractivity contribution in [2.75, 3.05) is 5.32 Å². The van der Waals surface area contributed by atoms with E-state index in [0.29, 0.717) is 11.0 Å². The van der Waals surface area contributed by atoms with Crippen LogP contribution in [0.4, 0.5) is 5.13 Å². The molecule has 2 aromatic rings. The Morgan fingerprint density at radius 2 is 2.13 bits per heavy atom. The van der Waals surface area contributed by atoms with Crippen molar-refractivity contribution in [3.63, 3.8) is 0 Å². The molecule has 2 aliphatic carbocycles. The van der Waals surface area contributed by atoms with Crippen LogP contribution in [0, 0.1) is 0 Å². The van der Waals surface area contributed by atoms with E-state index in [1.165, 1.54) is 41.7 Å². The van der Waals surface area contributed by atoms with Gasteiger partial charge in [-0.2, -0.15) is 0 Å². The van der Waals surface area contributed by atoms with Gasteiger partial charge in [0.1, 0.15) is 10.8 Å². The Hall–Kier alpha value is -1.95. The molecule has 0 aliphatic heterocycles. The van der Waals surface area contributed by atoms with Gasteiger partial charge in [-0.3, -0.25) is 10.1 Å². The number of ether oxygens (including phenoxy) is 1. The van der Waals surface area contributed by atoms with E-state index >= 15 is 0 Å². The molecule has 4 rings (SSSR count). The van der Waals surface area contributed by atoms with Gasteiger partial charge in [0.05, 0.1) is 0 Å². The summed E-state index contributed by atoms with van der Waals surface area (Å²) in [7, 11) is 0. The molecule has 0 radical (unpaired) electrons. The summed E-state index contributed by atoms with van der Waals surface area (Å²) >= 11 is 1.46. The van der Waals surface area contributed by atoms with Crippen molar-refractivity contribution < 1.29 is 9.53 Å². The highest BCUT2D eigenvalue weighted by Gasteiger charge is 2.28. The largest absolute Gasteiger partial charge is 0.481 e. The maximum Gasteiger partial charge on any atom is 0.266 e. The Balaban J connectivity index is 1.37. The molecule has 120 valence electrons. The fraction of sp³-hybridized carbons (Fsp3) is 0.471. The summed E-state index contributed by atoms with van der Waals surface area (Å²) in [4.78, 5) is 12.2. The van der Waals surface area contributed by atoms with E-state index in [2.05, 4.69) is 27.6 Å². The zero-order valence-corrected chi connectivity index (χ0v) is 13.9. The molecule has 0 bridgehead atoms. The number of nitrogens with zero attached hydrogens (tertiary/aromatic N) is 2. The van der Waals surface area contributed by atoms with Crippen LogP contribution in [-0.2, 0) is 17.6 Å². The Morgan fingerprint density at radius 3 is 2.96 bits per heavy atom. The normalized spacial score (nSPS) is 17.6. The molecular weight excluding hydrogens is 310 g/mol. The molecule has 5 nitrogen and oxygen atoms in total. The number of benzene rings is 1. The van der Waals surface area contributed by atoms with Crippen LogP contribution in [0.3, 0.4) is 0 Å². The van der Waals surface area contributed by atoms with E-state index in [0.717, 1.165) is 23.6 Å². The van der Waals surface area contributed by atoms with Crippen molar-refractivity contribution in [1.29, 1.82) is 0 Å². The summed E-state index contributed by atoms with van der Waals surface area (Å²) in [5, 5.41) is 12.5. The second kappa shape index (κ2) is 5.92. The van der Waals surface area contributed by atoms with Crippen LogP contribution in [0.25, 0.3) is 0 Å². The average Bonchev–Trinajstić information content (AvgIpc) is 3.11. The highest BCUT2D eigenvalue weighted by atomic mass is 32.1. The maximum absolute atomic E-state index is 12.2. The van der Waals surface area contributed by atoms with Crippen molar-refractivity contribution in [3.05, 3.63) is 34.3 Å². The number of nitrogens with one attached hydrogen (secondary N) is 1. The summed E-state index contributed by atoms with van der Waals surface area (Å²) in [5.74, 6) is 1.12. The fourth-order valence-electron chi connectivity index (χ4n) is 2.87. The average molecular weight is 329 g/mol. The first-order chi connectivity index (χ1) is 11.2. The highest BCUT2D eigenvalue weighted by Crippen LogP contribution is 2.42. The molecule has 6 heteroatoms. The van der Waals surface area contributed by atoms with Crippen molar-refractivity contribution in [1.82, 2.24) is 10.2 Å². The number of rotatable bonds is 5. The van der Waals surface area contributed by atoms with Gasteiger partial charge in [-0.05, 0) is 62.3 Å². The second-order valence-electron chi connectivity index (χ2n) is 6.25. The zero-order valence-electron chi connectivity index (χ0n) is 13.0. The number of anilines is 1. The number of amides is 1. The molecule has 1 saturated carbocycles. The van der Waals surface area contributed by atoms with Crippen LogP contribution in [0.5, 0.6) is 5.75 Å². The lowest BCUT2D eigenvalue weighted by Gasteiger charge is -2.14. The lowest BCUT2D eigenvalue weighted by molar-refractivity contribution is -0.122. The summed E-state index contributed by atoms with van der Waals surface area (Å²) in [6, 6.07) is 6.11.